The zero-order valence-corrected chi connectivity index (χ0v) is 16.8. The Labute approximate surface area is 174 Å². The number of pyridine rings is 1. The van der Waals surface area contributed by atoms with Crippen molar-refractivity contribution in [3.8, 4) is 11.1 Å². The fourth-order valence-electron chi connectivity index (χ4n) is 4.27. The number of carboxylic acid groups (broad SMARTS) is 1. The van der Waals surface area contributed by atoms with Gasteiger partial charge in [0.2, 0.25) is 0 Å². The van der Waals surface area contributed by atoms with E-state index in [2.05, 4.69) is 39.2 Å². The van der Waals surface area contributed by atoms with Crippen LogP contribution < -0.4 is 4.90 Å². The number of aliphatic imine (C=N–C) groups is 1. The molecule has 0 aliphatic carbocycles. The third kappa shape index (κ3) is 3.36. The van der Waals surface area contributed by atoms with E-state index in [1.54, 1.807) is 4.68 Å². The SMILES string of the molecule is Cn1cc(-c2ccc3c(c2)C(c2ccnc(N4CCC(C(=O)O)CC4)c2)=NC3)cn1. The molecule has 0 saturated carbocycles. The molecule has 2 aromatic heterocycles. The van der Waals surface area contributed by atoms with Crippen LogP contribution in [0.3, 0.4) is 0 Å². The van der Waals surface area contributed by atoms with Gasteiger partial charge in [0, 0.05) is 49.2 Å². The van der Waals surface area contributed by atoms with Crippen molar-refractivity contribution in [3.63, 3.8) is 0 Å². The molecule has 1 aromatic carbocycles. The van der Waals surface area contributed by atoms with Gasteiger partial charge in [-0.1, -0.05) is 12.1 Å². The summed E-state index contributed by atoms with van der Waals surface area (Å²) in [6, 6.07) is 10.5. The minimum atomic E-state index is -0.697. The van der Waals surface area contributed by atoms with Crippen molar-refractivity contribution < 1.29 is 9.90 Å². The van der Waals surface area contributed by atoms with Crippen molar-refractivity contribution in [1.29, 1.82) is 0 Å². The van der Waals surface area contributed by atoms with E-state index >= 15 is 0 Å². The van der Waals surface area contributed by atoms with Crippen LogP contribution in [0.4, 0.5) is 5.82 Å². The summed E-state index contributed by atoms with van der Waals surface area (Å²) in [5.41, 5.74) is 6.61. The topological polar surface area (TPSA) is 83.6 Å². The summed E-state index contributed by atoms with van der Waals surface area (Å²) in [6.07, 6.45) is 7.01. The van der Waals surface area contributed by atoms with Crippen LogP contribution >= 0.6 is 0 Å². The standard InChI is InChI=1S/C23H23N5O2/c1-27-14-19(13-26-27)16-2-3-18-12-25-22(20(18)10-16)17-4-7-24-21(11-17)28-8-5-15(6-9-28)23(29)30/h2-4,7,10-11,13-15H,5-6,8-9,12H2,1H3,(H,29,30). The maximum atomic E-state index is 11.2. The van der Waals surface area contributed by atoms with Gasteiger partial charge in [0.25, 0.3) is 0 Å². The largest absolute Gasteiger partial charge is 0.481 e. The number of carboxylic acids is 1. The number of aryl methyl sites for hydroxylation is 1. The van der Waals surface area contributed by atoms with Crippen molar-refractivity contribution in [2.45, 2.75) is 19.4 Å². The predicted octanol–water partition coefficient (Wildman–Crippen LogP) is 3.13. The minimum absolute atomic E-state index is 0.249. The van der Waals surface area contributed by atoms with Gasteiger partial charge in [-0.15, -0.1) is 0 Å². The van der Waals surface area contributed by atoms with Gasteiger partial charge in [0.05, 0.1) is 24.4 Å². The number of nitrogens with zero attached hydrogens (tertiary/aromatic N) is 5. The lowest BCUT2D eigenvalue weighted by Gasteiger charge is -2.31. The van der Waals surface area contributed by atoms with Gasteiger partial charge < -0.3 is 10.0 Å². The van der Waals surface area contributed by atoms with Gasteiger partial charge in [-0.05, 0) is 42.2 Å². The van der Waals surface area contributed by atoms with E-state index in [9.17, 15) is 9.90 Å². The van der Waals surface area contributed by atoms with Crippen LogP contribution in [0.15, 0.2) is 53.9 Å². The number of fused-ring (bicyclic) bond motifs is 1. The summed E-state index contributed by atoms with van der Waals surface area (Å²) < 4.78 is 1.81. The van der Waals surface area contributed by atoms with Gasteiger partial charge in [0.1, 0.15) is 5.82 Å². The highest BCUT2D eigenvalue weighted by atomic mass is 16.4. The van der Waals surface area contributed by atoms with Crippen molar-refractivity contribution in [2.75, 3.05) is 18.0 Å². The maximum Gasteiger partial charge on any atom is 0.306 e. The Kier molecular flexibility index (Phi) is 4.58. The van der Waals surface area contributed by atoms with Crippen molar-refractivity contribution in [3.05, 3.63) is 65.6 Å². The zero-order chi connectivity index (χ0) is 20.7. The van der Waals surface area contributed by atoms with E-state index in [1.165, 1.54) is 5.56 Å². The van der Waals surface area contributed by atoms with Gasteiger partial charge in [0.15, 0.2) is 0 Å². The number of hydrogen-bond acceptors (Lipinski definition) is 5. The average Bonchev–Trinajstić information content (AvgIpc) is 3.39. The number of rotatable bonds is 4. The number of aromatic nitrogens is 3. The second-order valence-electron chi connectivity index (χ2n) is 7.94. The lowest BCUT2D eigenvalue weighted by Crippen LogP contribution is -2.36. The molecule has 0 amide bonds. The van der Waals surface area contributed by atoms with Crippen molar-refractivity contribution >= 4 is 17.5 Å². The smallest absolute Gasteiger partial charge is 0.306 e. The van der Waals surface area contributed by atoms with E-state index in [4.69, 9.17) is 4.99 Å². The molecule has 4 heterocycles. The van der Waals surface area contributed by atoms with Gasteiger partial charge in [-0.25, -0.2) is 4.98 Å². The third-order valence-electron chi connectivity index (χ3n) is 6.00. The van der Waals surface area contributed by atoms with Gasteiger partial charge >= 0.3 is 5.97 Å². The Balaban J connectivity index is 1.42. The molecular weight excluding hydrogens is 378 g/mol. The predicted molar refractivity (Wildman–Crippen MR) is 115 cm³/mol. The molecular formula is C23H23N5O2. The number of piperidine rings is 1. The summed E-state index contributed by atoms with van der Waals surface area (Å²) in [5, 5.41) is 13.5. The van der Waals surface area contributed by atoms with E-state index < -0.39 is 5.97 Å². The lowest BCUT2D eigenvalue weighted by molar-refractivity contribution is -0.142. The summed E-state index contributed by atoms with van der Waals surface area (Å²) in [4.78, 5) is 22.7. The molecule has 0 radical (unpaired) electrons. The molecule has 2 aliphatic rings. The first-order valence-electron chi connectivity index (χ1n) is 10.2. The Hall–Kier alpha value is -3.48. The van der Waals surface area contributed by atoms with E-state index in [1.807, 2.05) is 31.7 Å². The summed E-state index contributed by atoms with van der Waals surface area (Å²) in [5.74, 6) is -0.0602. The summed E-state index contributed by atoms with van der Waals surface area (Å²) >= 11 is 0. The van der Waals surface area contributed by atoms with E-state index in [0.717, 1.165) is 33.8 Å². The second kappa shape index (κ2) is 7.40. The van der Waals surface area contributed by atoms with Gasteiger partial charge in [-0.2, -0.15) is 5.10 Å². The minimum Gasteiger partial charge on any atom is -0.481 e. The molecule has 2 aliphatic heterocycles. The number of benzene rings is 1. The van der Waals surface area contributed by atoms with Crippen LogP contribution in [-0.2, 0) is 18.4 Å². The highest BCUT2D eigenvalue weighted by Gasteiger charge is 2.26. The first-order valence-corrected chi connectivity index (χ1v) is 10.2. The van der Waals surface area contributed by atoms with Crippen LogP contribution in [0.5, 0.6) is 0 Å². The average molecular weight is 401 g/mol. The molecule has 1 fully saturated rings. The normalized spacial score (nSPS) is 16.4. The van der Waals surface area contributed by atoms with Crippen LogP contribution in [0, 0.1) is 5.92 Å². The molecule has 0 unspecified atom stereocenters. The Morgan fingerprint density at radius 3 is 2.67 bits per heavy atom. The first-order chi connectivity index (χ1) is 14.6. The molecule has 1 saturated heterocycles. The first kappa shape index (κ1) is 18.5. The van der Waals surface area contributed by atoms with Gasteiger partial charge in [-0.3, -0.25) is 14.5 Å². The van der Waals surface area contributed by atoms with Crippen LogP contribution in [-0.4, -0.2) is 44.6 Å². The Bertz CT molecular complexity index is 1140. The zero-order valence-electron chi connectivity index (χ0n) is 16.8. The molecule has 0 bridgehead atoms. The molecule has 5 rings (SSSR count). The van der Waals surface area contributed by atoms with E-state index in [-0.39, 0.29) is 5.92 Å². The molecule has 3 aromatic rings. The number of anilines is 1. The highest BCUT2D eigenvalue weighted by Crippen LogP contribution is 2.30. The van der Waals surface area contributed by atoms with Crippen molar-refractivity contribution in [1.82, 2.24) is 14.8 Å². The van der Waals surface area contributed by atoms with Crippen molar-refractivity contribution in [2.24, 2.45) is 18.0 Å². The fraction of sp³-hybridized carbons (Fsp3) is 0.304. The number of aliphatic carboxylic acids is 1. The Morgan fingerprint density at radius 1 is 1.10 bits per heavy atom. The van der Waals surface area contributed by atoms with Crippen LogP contribution in [0.2, 0.25) is 0 Å². The van der Waals surface area contributed by atoms with Crippen LogP contribution in [0.1, 0.15) is 29.5 Å². The molecule has 7 nitrogen and oxygen atoms in total. The Morgan fingerprint density at radius 2 is 1.93 bits per heavy atom. The summed E-state index contributed by atoms with van der Waals surface area (Å²) in [6.45, 7) is 2.10. The molecule has 1 N–H and O–H groups in total. The highest BCUT2D eigenvalue weighted by molar-refractivity contribution is 6.15. The number of carbonyl (C=O) groups is 1. The lowest BCUT2D eigenvalue weighted by atomic mass is 9.96. The maximum absolute atomic E-state index is 11.2. The van der Waals surface area contributed by atoms with E-state index in [0.29, 0.717) is 32.5 Å². The molecule has 152 valence electrons. The molecule has 0 spiro atoms. The third-order valence-corrected chi connectivity index (χ3v) is 6.00. The second-order valence-corrected chi connectivity index (χ2v) is 7.94. The molecule has 7 heteroatoms. The summed E-state index contributed by atoms with van der Waals surface area (Å²) in [7, 11) is 1.92. The van der Waals surface area contributed by atoms with Crippen LogP contribution in [0.25, 0.3) is 11.1 Å². The molecule has 0 atom stereocenters. The number of hydrogen-bond donors (Lipinski definition) is 1. The monoisotopic (exact) mass is 401 g/mol. The fourth-order valence-corrected chi connectivity index (χ4v) is 4.27. The molecule has 30 heavy (non-hydrogen) atoms. The quantitative estimate of drug-likeness (QED) is 0.726.